The molecule has 0 radical (unpaired) electrons. The van der Waals surface area contributed by atoms with E-state index in [-0.39, 0.29) is 5.78 Å². The number of nitrogens with one attached hydrogen (secondary N) is 1. The molecule has 4 rings (SSSR count). The summed E-state index contributed by atoms with van der Waals surface area (Å²) in [6, 6.07) is 6.44. The summed E-state index contributed by atoms with van der Waals surface area (Å²) in [7, 11) is 0. The van der Waals surface area contributed by atoms with Crippen molar-refractivity contribution < 1.29 is 4.79 Å². The molecule has 0 saturated carbocycles. The maximum Gasteiger partial charge on any atom is 0.195 e. The molecule has 4 nitrogen and oxygen atoms in total. The number of carbonyl (C=O) groups is 1. The van der Waals surface area contributed by atoms with Crippen molar-refractivity contribution in [1.29, 1.82) is 0 Å². The number of carbonyl (C=O) groups excluding carboxylic acids is 1. The van der Waals surface area contributed by atoms with Gasteiger partial charge in [0, 0.05) is 17.5 Å². The van der Waals surface area contributed by atoms with Gasteiger partial charge in [-0.15, -0.1) is 0 Å². The highest BCUT2D eigenvalue weighted by Crippen LogP contribution is 2.32. The highest BCUT2D eigenvalue weighted by Gasteiger charge is 2.19. The van der Waals surface area contributed by atoms with Crippen LogP contribution < -0.4 is 0 Å². The zero-order valence-corrected chi connectivity index (χ0v) is 14.3. The van der Waals surface area contributed by atoms with Crippen molar-refractivity contribution in [2.45, 2.75) is 27.7 Å². The van der Waals surface area contributed by atoms with Gasteiger partial charge in [0.2, 0.25) is 0 Å². The molecule has 0 spiro atoms. The fraction of sp³-hybridized carbons (Fsp3) is 0.222. The lowest BCUT2D eigenvalue weighted by Crippen LogP contribution is -1.94. The van der Waals surface area contributed by atoms with Gasteiger partial charge in [-0.3, -0.25) is 9.20 Å². The van der Waals surface area contributed by atoms with Crippen molar-refractivity contribution in [3.05, 3.63) is 46.8 Å². The maximum atomic E-state index is 11.8. The molecule has 1 aromatic carbocycles. The number of aromatic nitrogens is 3. The molecule has 3 aromatic heterocycles. The van der Waals surface area contributed by atoms with Crippen LogP contribution in [0.25, 0.3) is 26.6 Å². The first-order chi connectivity index (χ1) is 11.0. The number of thiazole rings is 1. The quantitative estimate of drug-likeness (QED) is 0.545. The predicted octanol–water partition coefficient (Wildman–Crippen LogP) is 4.67. The molecule has 0 fully saturated rings. The predicted molar refractivity (Wildman–Crippen MR) is 94.6 cm³/mol. The lowest BCUT2D eigenvalue weighted by molar-refractivity contribution is 0.101. The number of aromatic amines is 1. The van der Waals surface area contributed by atoms with Gasteiger partial charge in [0.1, 0.15) is 5.69 Å². The van der Waals surface area contributed by atoms with Gasteiger partial charge in [-0.05, 0) is 51.0 Å². The van der Waals surface area contributed by atoms with E-state index in [4.69, 9.17) is 4.98 Å². The highest BCUT2D eigenvalue weighted by molar-refractivity contribution is 7.23. The molecule has 4 aromatic rings. The number of H-pyrrole nitrogens is 1. The molecule has 0 amide bonds. The minimum Gasteiger partial charge on any atom is -0.356 e. The van der Waals surface area contributed by atoms with E-state index in [0.29, 0.717) is 0 Å². The van der Waals surface area contributed by atoms with Crippen LogP contribution in [0.3, 0.4) is 0 Å². The van der Waals surface area contributed by atoms with Crippen LogP contribution in [0.5, 0.6) is 0 Å². The van der Waals surface area contributed by atoms with E-state index < -0.39 is 0 Å². The molecule has 116 valence electrons. The Hall–Kier alpha value is -2.40. The van der Waals surface area contributed by atoms with Gasteiger partial charge in [0.15, 0.2) is 10.7 Å². The highest BCUT2D eigenvalue weighted by atomic mass is 32.1. The Bertz CT molecular complexity index is 1080. The molecule has 0 aliphatic rings. The lowest BCUT2D eigenvalue weighted by Gasteiger charge is -1.97. The van der Waals surface area contributed by atoms with Gasteiger partial charge >= 0.3 is 0 Å². The van der Waals surface area contributed by atoms with E-state index in [0.717, 1.165) is 33.2 Å². The number of rotatable bonds is 2. The number of hydrogen-bond acceptors (Lipinski definition) is 3. The number of fused-ring (bicyclic) bond motifs is 3. The molecule has 0 unspecified atom stereocenters. The zero-order valence-electron chi connectivity index (χ0n) is 13.5. The molecule has 0 atom stereocenters. The summed E-state index contributed by atoms with van der Waals surface area (Å²) in [5.41, 5.74) is 6.89. The fourth-order valence-electron chi connectivity index (χ4n) is 3.26. The number of ketones is 1. The van der Waals surface area contributed by atoms with Crippen molar-refractivity contribution in [2.75, 3.05) is 0 Å². The molecule has 1 N–H and O–H groups in total. The monoisotopic (exact) mass is 323 g/mol. The number of Topliss-reactive ketones (excluding diaryl/α,β-unsaturated/α-hetero) is 1. The van der Waals surface area contributed by atoms with Gasteiger partial charge in [0.25, 0.3) is 0 Å². The van der Waals surface area contributed by atoms with E-state index in [1.165, 1.54) is 15.8 Å². The second kappa shape index (κ2) is 4.80. The number of imidazole rings is 1. The van der Waals surface area contributed by atoms with E-state index in [9.17, 15) is 4.79 Å². The summed E-state index contributed by atoms with van der Waals surface area (Å²) in [5.74, 6) is 0.0875. The van der Waals surface area contributed by atoms with Crippen LogP contribution >= 0.6 is 11.3 Å². The van der Waals surface area contributed by atoms with Crippen LogP contribution in [0.1, 0.15) is 34.1 Å². The summed E-state index contributed by atoms with van der Waals surface area (Å²) >= 11 is 1.69. The minimum absolute atomic E-state index is 0.0875. The molecular formula is C18H17N3OS. The molecule has 23 heavy (non-hydrogen) atoms. The Balaban J connectivity index is 1.93. The molecule has 0 aliphatic heterocycles. The molecular weight excluding hydrogens is 306 g/mol. The van der Waals surface area contributed by atoms with Gasteiger partial charge < -0.3 is 4.98 Å². The summed E-state index contributed by atoms with van der Waals surface area (Å²) in [4.78, 5) is 20.9. The van der Waals surface area contributed by atoms with Crippen LogP contribution in [-0.2, 0) is 0 Å². The van der Waals surface area contributed by atoms with Gasteiger partial charge in [-0.1, -0.05) is 17.4 Å². The third-order valence-corrected chi connectivity index (χ3v) is 5.31. The Morgan fingerprint density at radius 3 is 2.74 bits per heavy atom. The largest absolute Gasteiger partial charge is 0.356 e. The summed E-state index contributed by atoms with van der Waals surface area (Å²) in [6.45, 7) is 7.62. The average molecular weight is 323 g/mol. The Kier molecular flexibility index (Phi) is 2.96. The van der Waals surface area contributed by atoms with Gasteiger partial charge in [-0.25, -0.2) is 4.98 Å². The zero-order chi connectivity index (χ0) is 16.3. The second-order valence-corrected chi connectivity index (χ2v) is 7.04. The first-order valence-corrected chi connectivity index (χ1v) is 8.36. The lowest BCUT2D eigenvalue weighted by atomic mass is 10.1. The number of nitrogens with zero attached hydrogens (tertiary/aromatic N) is 2. The number of hydrogen-bond donors (Lipinski definition) is 1. The maximum absolute atomic E-state index is 11.8. The molecule has 0 aliphatic carbocycles. The third kappa shape index (κ3) is 2.04. The van der Waals surface area contributed by atoms with Crippen molar-refractivity contribution in [1.82, 2.24) is 14.4 Å². The van der Waals surface area contributed by atoms with Crippen LogP contribution in [0.2, 0.25) is 0 Å². The Labute approximate surface area is 137 Å². The Morgan fingerprint density at radius 2 is 2.04 bits per heavy atom. The summed E-state index contributed by atoms with van der Waals surface area (Å²) in [6.07, 6.45) is 2.05. The third-order valence-electron chi connectivity index (χ3n) is 4.30. The standard InChI is InChI=1S/C18H17N3OS/c1-9-5-6-14-15(7-9)23-18-20-13(8-21(14)18)17-10(2)16(12(4)22)11(3)19-17/h5-8,19H,1-4H3. The number of aryl methyl sites for hydroxylation is 2. The van der Waals surface area contributed by atoms with Crippen LogP contribution in [0.4, 0.5) is 0 Å². The van der Waals surface area contributed by atoms with Crippen molar-refractivity contribution in [2.24, 2.45) is 0 Å². The molecule has 0 bridgehead atoms. The summed E-state index contributed by atoms with van der Waals surface area (Å²) in [5, 5.41) is 0. The van der Waals surface area contributed by atoms with E-state index >= 15 is 0 Å². The summed E-state index contributed by atoms with van der Waals surface area (Å²) < 4.78 is 3.36. The molecule has 0 saturated heterocycles. The fourth-order valence-corrected chi connectivity index (χ4v) is 4.37. The normalized spacial score (nSPS) is 11.7. The van der Waals surface area contributed by atoms with Gasteiger partial charge in [0.05, 0.1) is 15.9 Å². The van der Waals surface area contributed by atoms with Crippen LogP contribution in [-0.4, -0.2) is 20.2 Å². The van der Waals surface area contributed by atoms with E-state index in [1.54, 1.807) is 18.3 Å². The average Bonchev–Trinajstić information content (AvgIpc) is 3.08. The van der Waals surface area contributed by atoms with Crippen LogP contribution in [0.15, 0.2) is 24.4 Å². The van der Waals surface area contributed by atoms with Crippen LogP contribution in [0, 0.1) is 20.8 Å². The van der Waals surface area contributed by atoms with Crippen molar-refractivity contribution in [3.8, 4) is 11.4 Å². The topological polar surface area (TPSA) is 50.2 Å². The smallest absolute Gasteiger partial charge is 0.195 e. The second-order valence-electron chi connectivity index (χ2n) is 6.03. The first kappa shape index (κ1) is 14.2. The van der Waals surface area contributed by atoms with Gasteiger partial charge in [-0.2, -0.15) is 0 Å². The van der Waals surface area contributed by atoms with Crippen molar-refractivity contribution in [3.63, 3.8) is 0 Å². The van der Waals surface area contributed by atoms with Crippen molar-refractivity contribution >= 4 is 32.3 Å². The minimum atomic E-state index is 0.0875. The van der Waals surface area contributed by atoms with E-state index in [2.05, 4.69) is 34.5 Å². The van der Waals surface area contributed by atoms with E-state index in [1.807, 2.05) is 20.0 Å². The SMILES string of the molecule is CC(=O)c1c(C)[nH]c(-c2cn3c(n2)sc2cc(C)ccc23)c1C. The molecule has 5 heteroatoms. The first-order valence-electron chi connectivity index (χ1n) is 7.54. The number of benzene rings is 1. The Morgan fingerprint density at radius 1 is 1.26 bits per heavy atom. The molecule has 3 heterocycles.